The van der Waals surface area contributed by atoms with E-state index in [1.54, 1.807) is 13.2 Å². The molecule has 3 aliphatic rings. The number of aromatic nitrogens is 2. The lowest BCUT2D eigenvalue weighted by atomic mass is 9.44. The van der Waals surface area contributed by atoms with Crippen molar-refractivity contribution in [3.8, 4) is 0 Å². The number of esters is 1. The maximum atomic E-state index is 13.9. The standard InChI is InChI=1S/C26H36N2O5/c1-7-24(4)12-20(33-23(31)17-13-27-28-14-18(17)29)25(5)15(2)8-10-26(16(3)22(24)30)11-9-19(32-6)21(25)26/h7,13-16,19-21H,1,8-12H2,2-6H3,(H,27,29)/t15-,16+,19-,20-,21?,24-,25+,26?/m1/s1. The molecule has 0 amide bonds. The zero-order valence-corrected chi connectivity index (χ0v) is 20.3. The third kappa shape index (κ3) is 3.34. The van der Waals surface area contributed by atoms with E-state index in [9.17, 15) is 14.4 Å². The van der Waals surface area contributed by atoms with E-state index in [-0.39, 0.29) is 40.6 Å². The lowest BCUT2D eigenvalue weighted by Gasteiger charge is -2.61. The summed E-state index contributed by atoms with van der Waals surface area (Å²) in [6.07, 6.45) is 7.53. The number of hydrogen-bond donors (Lipinski definition) is 1. The number of rotatable bonds is 4. The minimum absolute atomic E-state index is 0.00776. The first-order valence-electron chi connectivity index (χ1n) is 12.0. The lowest BCUT2D eigenvalue weighted by Crippen LogP contribution is -2.63. The predicted molar refractivity (Wildman–Crippen MR) is 124 cm³/mol. The number of carbonyl (C=O) groups excluding carboxylic acids is 2. The van der Waals surface area contributed by atoms with Gasteiger partial charge in [0.05, 0.1) is 12.3 Å². The Labute approximate surface area is 195 Å². The molecule has 0 spiro atoms. The van der Waals surface area contributed by atoms with Crippen molar-refractivity contribution in [2.75, 3.05) is 7.11 Å². The van der Waals surface area contributed by atoms with Crippen molar-refractivity contribution in [2.24, 2.45) is 34.0 Å². The third-order valence-corrected chi connectivity index (χ3v) is 9.74. The van der Waals surface area contributed by atoms with Gasteiger partial charge in [0, 0.05) is 42.4 Å². The molecule has 3 aliphatic carbocycles. The molecule has 1 heterocycles. The summed E-state index contributed by atoms with van der Waals surface area (Å²) in [5.41, 5.74) is -2.05. The molecule has 3 saturated carbocycles. The molecule has 180 valence electrons. The molecule has 1 N–H and O–H groups in total. The van der Waals surface area contributed by atoms with Gasteiger partial charge in [0.15, 0.2) is 0 Å². The molecule has 0 aliphatic heterocycles. The normalized spacial score (nSPS) is 42.7. The van der Waals surface area contributed by atoms with Crippen molar-refractivity contribution in [3.05, 3.63) is 40.8 Å². The van der Waals surface area contributed by atoms with Gasteiger partial charge in [-0.25, -0.2) is 4.79 Å². The van der Waals surface area contributed by atoms with Gasteiger partial charge >= 0.3 is 5.97 Å². The first-order chi connectivity index (χ1) is 15.5. The number of methoxy groups -OCH3 is 1. The monoisotopic (exact) mass is 456 g/mol. The van der Waals surface area contributed by atoms with Gasteiger partial charge in [0.2, 0.25) is 5.43 Å². The van der Waals surface area contributed by atoms with Gasteiger partial charge in [0.25, 0.3) is 0 Å². The maximum Gasteiger partial charge on any atom is 0.344 e. The first-order valence-corrected chi connectivity index (χ1v) is 12.0. The molecule has 7 nitrogen and oxygen atoms in total. The average Bonchev–Trinajstić information content (AvgIpc) is 3.20. The number of nitrogens with one attached hydrogen (secondary N) is 1. The molecule has 1 aromatic rings. The number of carbonyl (C=O) groups is 2. The van der Waals surface area contributed by atoms with Crippen molar-refractivity contribution < 1.29 is 19.1 Å². The Kier molecular flexibility index (Phi) is 5.92. The van der Waals surface area contributed by atoms with Crippen LogP contribution in [0.4, 0.5) is 0 Å². The van der Waals surface area contributed by atoms with Crippen LogP contribution in [0.1, 0.15) is 70.2 Å². The fourth-order valence-electron chi connectivity index (χ4n) is 7.48. The van der Waals surface area contributed by atoms with Crippen LogP contribution in [0.2, 0.25) is 0 Å². The Bertz CT molecular complexity index is 1020. The highest BCUT2D eigenvalue weighted by molar-refractivity contribution is 5.90. The Balaban J connectivity index is 1.88. The van der Waals surface area contributed by atoms with Crippen LogP contribution in [-0.2, 0) is 14.3 Å². The highest BCUT2D eigenvalue weighted by atomic mass is 16.5. The van der Waals surface area contributed by atoms with Gasteiger partial charge in [0.1, 0.15) is 17.5 Å². The number of Topliss-reactive ketones (excluding diaryl/α,β-unsaturated/α-hetero) is 1. The van der Waals surface area contributed by atoms with Crippen molar-refractivity contribution >= 4 is 11.8 Å². The molecule has 0 radical (unpaired) electrons. The molecule has 7 heteroatoms. The second-order valence-electron chi connectivity index (χ2n) is 10.9. The topological polar surface area (TPSA) is 98.4 Å². The number of nitrogens with zero attached hydrogens (tertiary/aromatic N) is 1. The van der Waals surface area contributed by atoms with Gasteiger partial charge in [-0.2, -0.15) is 5.10 Å². The van der Waals surface area contributed by atoms with Crippen LogP contribution >= 0.6 is 0 Å². The summed E-state index contributed by atoms with van der Waals surface area (Å²) in [6, 6.07) is 0. The smallest absolute Gasteiger partial charge is 0.344 e. The summed E-state index contributed by atoms with van der Waals surface area (Å²) in [5, 5.41) is 6.23. The van der Waals surface area contributed by atoms with E-state index in [2.05, 4.69) is 37.5 Å². The molecule has 1 aromatic heterocycles. The maximum absolute atomic E-state index is 13.9. The quantitative estimate of drug-likeness (QED) is 0.544. The first kappa shape index (κ1) is 23.9. The number of aromatic amines is 1. The summed E-state index contributed by atoms with van der Waals surface area (Å²) in [5.74, 6) is -0.363. The van der Waals surface area contributed by atoms with Crippen LogP contribution < -0.4 is 5.43 Å². The van der Waals surface area contributed by atoms with E-state index in [1.165, 1.54) is 6.20 Å². The Morgan fingerprint density at radius 1 is 1.24 bits per heavy atom. The zero-order chi connectivity index (χ0) is 24.2. The van der Waals surface area contributed by atoms with E-state index in [0.29, 0.717) is 6.42 Å². The van der Waals surface area contributed by atoms with Crippen LogP contribution in [0.25, 0.3) is 0 Å². The van der Waals surface area contributed by atoms with Gasteiger partial charge in [-0.3, -0.25) is 14.7 Å². The van der Waals surface area contributed by atoms with Crippen LogP contribution in [0.15, 0.2) is 29.8 Å². The number of ketones is 1. The van der Waals surface area contributed by atoms with Crippen molar-refractivity contribution in [1.29, 1.82) is 0 Å². The van der Waals surface area contributed by atoms with Gasteiger partial charge in [-0.05, 0) is 43.9 Å². The van der Waals surface area contributed by atoms with E-state index in [0.717, 1.165) is 31.9 Å². The van der Waals surface area contributed by atoms with E-state index in [4.69, 9.17) is 9.47 Å². The minimum atomic E-state index is -0.837. The summed E-state index contributed by atoms with van der Waals surface area (Å²) in [4.78, 5) is 39.4. The molecule has 0 saturated heterocycles. The summed E-state index contributed by atoms with van der Waals surface area (Å²) >= 11 is 0. The SMILES string of the molecule is C=C[C@]1(C)C[C@@H](OC(=O)c2c[nH]ncc2=O)[C@@]2(C)C3[C@H](OC)CCC3(CC[C@H]2C)[C@@H](C)C1=O. The second kappa shape index (κ2) is 8.19. The van der Waals surface area contributed by atoms with E-state index >= 15 is 0 Å². The predicted octanol–water partition coefficient (Wildman–Crippen LogP) is 3.94. The lowest BCUT2D eigenvalue weighted by molar-refractivity contribution is -0.189. The molecule has 8 atom stereocenters. The molecule has 2 bridgehead atoms. The van der Waals surface area contributed by atoms with Gasteiger partial charge in [-0.1, -0.05) is 26.8 Å². The summed E-state index contributed by atoms with van der Waals surface area (Å²) < 4.78 is 12.2. The van der Waals surface area contributed by atoms with Crippen molar-refractivity contribution in [3.63, 3.8) is 0 Å². The molecule has 0 aromatic carbocycles. The Morgan fingerprint density at radius 2 is 1.94 bits per heavy atom. The zero-order valence-electron chi connectivity index (χ0n) is 20.3. The third-order valence-electron chi connectivity index (χ3n) is 9.74. The highest BCUT2D eigenvalue weighted by Crippen LogP contribution is 2.68. The Hall–Kier alpha value is -2.28. The molecule has 3 fully saturated rings. The number of ether oxygens (including phenoxy) is 2. The van der Waals surface area contributed by atoms with Gasteiger partial charge < -0.3 is 9.47 Å². The number of H-pyrrole nitrogens is 1. The van der Waals surface area contributed by atoms with Crippen LogP contribution in [-0.4, -0.2) is 41.3 Å². The Morgan fingerprint density at radius 3 is 2.58 bits per heavy atom. The fourth-order valence-corrected chi connectivity index (χ4v) is 7.48. The number of hydrogen-bond acceptors (Lipinski definition) is 6. The van der Waals surface area contributed by atoms with E-state index in [1.807, 2.05) is 6.92 Å². The van der Waals surface area contributed by atoms with Crippen molar-refractivity contribution in [1.82, 2.24) is 10.2 Å². The molecule has 33 heavy (non-hydrogen) atoms. The van der Waals surface area contributed by atoms with Gasteiger partial charge in [-0.15, -0.1) is 6.58 Å². The largest absolute Gasteiger partial charge is 0.458 e. The molecular weight excluding hydrogens is 420 g/mol. The highest BCUT2D eigenvalue weighted by Gasteiger charge is 2.68. The second-order valence-corrected chi connectivity index (χ2v) is 10.9. The summed E-state index contributed by atoms with van der Waals surface area (Å²) in [6.45, 7) is 12.4. The molecular formula is C26H36N2O5. The van der Waals surface area contributed by atoms with Crippen molar-refractivity contribution in [2.45, 2.75) is 72.0 Å². The average molecular weight is 457 g/mol. The van der Waals surface area contributed by atoms with E-state index < -0.39 is 28.3 Å². The molecule has 4 rings (SSSR count). The van der Waals surface area contributed by atoms with Crippen LogP contribution in [0.3, 0.4) is 0 Å². The van der Waals surface area contributed by atoms with Crippen LogP contribution in [0.5, 0.6) is 0 Å². The minimum Gasteiger partial charge on any atom is -0.458 e. The number of allylic oxidation sites excluding steroid dienone is 1. The fraction of sp³-hybridized carbons (Fsp3) is 0.692. The van der Waals surface area contributed by atoms with Crippen LogP contribution in [0, 0.1) is 34.0 Å². The summed E-state index contributed by atoms with van der Waals surface area (Å²) in [7, 11) is 1.74. The molecule has 2 unspecified atom stereocenters.